The average molecular weight is 435 g/mol. The minimum absolute atomic E-state index is 0.0531. The normalized spacial score (nSPS) is 14.6. The highest BCUT2D eigenvalue weighted by atomic mass is 32.2. The maximum Gasteiger partial charge on any atom is 0.244 e. The first-order valence-corrected chi connectivity index (χ1v) is 11.9. The van der Waals surface area contributed by atoms with Crippen molar-refractivity contribution in [3.8, 4) is 11.5 Å². The van der Waals surface area contributed by atoms with Crippen LogP contribution in [0.2, 0.25) is 0 Å². The molecule has 8 nitrogen and oxygen atoms in total. The Kier molecular flexibility index (Phi) is 7.49. The lowest BCUT2D eigenvalue weighted by Crippen LogP contribution is -2.32. The second-order valence-corrected chi connectivity index (χ2v) is 8.88. The molecule has 0 aliphatic carbocycles. The maximum absolute atomic E-state index is 13.0. The molecule has 0 bridgehead atoms. The Labute approximate surface area is 178 Å². The number of benzene rings is 1. The third-order valence-corrected chi connectivity index (χ3v) is 6.22. The van der Waals surface area contributed by atoms with Crippen molar-refractivity contribution in [3.63, 3.8) is 0 Å². The molecule has 1 saturated heterocycles. The predicted molar refractivity (Wildman–Crippen MR) is 116 cm³/mol. The third kappa shape index (κ3) is 5.60. The third-order valence-electron chi connectivity index (χ3n) is 4.79. The second-order valence-electron chi connectivity index (χ2n) is 7.15. The number of nitrogens with one attached hydrogen (secondary N) is 1. The Bertz CT molecular complexity index is 959. The molecule has 2 aromatic rings. The summed E-state index contributed by atoms with van der Waals surface area (Å²) in [4.78, 5) is 11.3. The summed E-state index contributed by atoms with van der Waals surface area (Å²) in [6.07, 6.45) is 3.46. The Balaban J connectivity index is 1.81. The SMILES string of the molecule is CCOc1ccc(OCC)c(S(=O)(=O)NCc2cc(C)nc(N3CCCCC3)n2)c1. The monoisotopic (exact) mass is 434 g/mol. The van der Waals surface area contributed by atoms with Crippen molar-refractivity contribution in [3.05, 3.63) is 35.7 Å². The van der Waals surface area contributed by atoms with Crippen molar-refractivity contribution in [2.24, 2.45) is 0 Å². The smallest absolute Gasteiger partial charge is 0.244 e. The number of ether oxygens (including phenoxy) is 2. The van der Waals surface area contributed by atoms with Gasteiger partial charge in [0.2, 0.25) is 16.0 Å². The molecule has 1 aliphatic heterocycles. The van der Waals surface area contributed by atoms with E-state index in [2.05, 4.69) is 19.6 Å². The summed E-state index contributed by atoms with van der Waals surface area (Å²) in [5, 5.41) is 0. The quantitative estimate of drug-likeness (QED) is 0.648. The fourth-order valence-electron chi connectivity index (χ4n) is 3.42. The van der Waals surface area contributed by atoms with E-state index >= 15 is 0 Å². The van der Waals surface area contributed by atoms with Crippen molar-refractivity contribution in [2.45, 2.75) is 51.5 Å². The molecule has 3 rings (SSSR count). The molecule has 0 amide bonds. The number of rotatable bonds is 9. The van der Waals surface area contributed by atoms with E-state index < -0.39 is 10.0 Å². The molecule has 2 heterocycles. The molecule has 9 heteroatoms. The number of nitrogens with zero attached hydrogens (tertiary/aromatic N) is 3. The van der Waals surface area contributed by atoms with E-state index in [9.17, 15) is 8.42 Å². The van der Waals surface area contributed by atoms with Crippen LogP contribution in [0.1, 0.15) is 44.5 Å². The summed E-state index contributed by atoms with van der Waals surface area (Å²) in [6.45, 7) is 8.28. The molecule has 1 fully saturated rings. The molecule has 0 saturated carbocycles. The Morgan fingerprint density at radius 1 is 1.03 bits per heavy atom. The molecule has 1 aromatic carbocycles. The van der Waals surface area contributed by atoms with E-state index in [-0.39, 0.29) is 11.4 Å². The first kappa shape index (κ1) is 22.3. The standard InChI is InChI=1S/C21H30N4O4S/c1-4-28-18-9-10-19(29-5-2)20(14-18)30(26,27)22-15-17-13-16(3)23-21(24-17)25-11-7-6-8-12-25/h9-10,13-14,22H,4-8,11-12,15H2,1-3H3. The summed E-state index contributed by atoms with van der Waals surface area (Å²) >= 11 is 0. The average Bonchev–Trinajstić information content (AvgIpc) is 2.74. The first-order valence-electron chi connectivity index (χ1n) is 10.4. The maximum atomic E-state index is 13.0. The van der Waals surface area contributed by atoms with Gasteiger partial charge in [0.25, 0.3) is 0 Å². The van der Waals surface area contributed by atoms with E-state index in [1.54, 1.807) is 18.2 Å². The number of hydrogen-bond donors (Lipinski definition) is 1. The number of hydrogen-bond acceptors (Lipinski definition) is 7. The van der Waals surface area contributed by atoms with Gasteiger partial charge in [-0.1, -0.05) is 0 Å². The van der Waals surface area contributed by atoms with Crippen LogP contribution in [0.4, 0.5) is 5.95 Å². The lowest BCUT2D eigenvalue weighted by molar-refractivity contribution is 0.322. The zero-order chi connectivity index (χ0) is 21.6. The Hall–Kier alpha value is -2.39. The summed E-state index contributed by atoms with van der Waals surface area (Å²) < 4.78 is 39.7. The largest absolute Gasteiger partial charge is 0.494 e. The van der Waals surface area contributed by atoms with Crippen molar-refractivity contribution in [1.29, 1.82) is 0 Å². The van der Waals surface area contributed by atoms with E-state index in [4.69, 9.17) is 9.47 Å². The van der Waals surface area contributed by atoms with Gasteiger partial charge in [0.15, 0.2) is 0 Å². The lowest BCUT2D eigenvalue weighted by atomic mass is 10.1. The first-order chi connectivity index (χ1) is 14.4. The molecule has 1 N–H and O–H groups in total. The van der Waals surface area contributed by atoms with Gasteiger partial charge in [-0.2, -0.15) is 0 Å². The van der Waals surface area contributed by atoms with Crippen molar-refractivity contribution >= 4 is 16.0 Å². The Morgan fingerprint density at radius 3 is 2.47 bits per heavy atom. The van der Waals surface area contributed by atoms with E-state index in [1.807, 2.05) is 20.8 Å². The van der Waals surface area contributed by atoms with Gasteiger partial charge in [-0.05, 0) is 58.2 Å². The molecule has 0 spiro atoms. The Morgan fingerprint density at radius 2 is 1.77 bits per heavy atom. The van der Waals surface area contributed by atoms with Crippen molar-refractivity contribution in [2.75, 3.05) is 31.2 Å². The molecule has 0 unspecified atom stereocenters. The number of anilines is 1. The predicted octanol–water partition coefficient (Wildman–Crippen LogP) is 3.05. The van der Waals surface area contributed by atoms with Crippen LogP contribution < -0.4 is 19.1 Å². The van der Waals surface area contributed by atoms with Gasteiger partial charge in [0.05, 0.1) is 25.5 Å². The van der Waals surface area contributed by atoms with E-state index in [1.165, 1.54) is 12.5 Å². The van der Waals surface area contributed by atoms with Gasteiger partial charge in [0.1, 0.15) is 16.4 Å². The minimum atomic E-state index is -3.83. The van der Waals surface area contributed by atoms with Gasteiger partial charge in [-0.25, -0.2) is 23.1 Å². The summed E-state index contributed by atoms with van der Waals surface area (Å²) in [5.74, 6) is 1.44. The summed E-state index contributed by atoms with van der Waals surface area (Å²) in [7, 11) is -3.83. The fourth-order valence-corrected chi connectivity index (χ4v) is 4.58. The van der Waals surface area contributed by atoms with Gasteiger partial charge < -0.3 is 14.4 Å². The van der Waals surface area contributed by atoms with Crippen LogP contribution in [-0.4, -0.2) is 44.7 Å². The lowest BCUT2D eigenvalue weighted by Gasteiger charge is -2.27. The number of aromatic nitrogens is 2. The molecule has 0 radical (unpaired) electrons. The molecular formula is C21H30N4O4S. The van der Waals surface area contributed by atoms with E-state index in [0.29, 0.717) is 36.4 Å². The van der Waals surface area contributed by atoms with Crippen LogP contribution in [0.25, 0.3) is 0 Å². The summed E-state index contributed by atoms with van der Waals surface area (Å²) in [5.41, 5.74) is 1.44. The van der Waals surface area contributed by atoms with Crippen LogP contribution in [0.5, 0.6) is 11.5 Å². The number of aryl methyl sites for hydroxylation is 1. The molecule has 1 aromatic heterocycles. The topological polar surface area (TPSA) is 93.6 Å². The van der Waals surface area contributed by atoms with Gasteiger partial charge in [-0.3, -0.25) is 0 Å². The van der Waals surface area contributed by atoms with Crippen molar-refractivity contribution < 1.29 is 17.9 Å². The summed E-state index contributed by atoms with van der Waals surface area (Å²) in [6, 6.07) is 6.61. The molecule has 164 valence electrons. The fraction of sp³-hybridized carbons (Fsp3) is 0.524. The van der Waals surface area contributed by atoms with Gasteiger partial charge in [0, 0.05) is 24.8 Å². The minimum Gasteiger partial charge on any atom is -0.494 e. The number of sulfonamides is 1. The van der Waals surface area contributed by atoms with Gasteiger partial charge in [-0.15, -0.1) is 0 Å². The van der Waals surface area contributed by atoms with Crippen LogP contribution in [0.3, 0.4) is 0 Å². The van der Waals surface area contributed by atoms with E-state index in [0.717, 1.165) is 31.6 Å². The highest BCUT2D eigenvalue weighted by Crippen LogP contribution is 2.29. The molecule has 0 atom stereocenters. The van der Waals surface area contributed by atoms with Crippen LogP contribution in [0, 0.1) is 6.92 Å². The highest BCUT2D eigenvalue weighted by molar-refractivity contribution is 7.89. The van der Waals surface area contributed by atoms with Crippen LogP contribution in [0.15, 0.2) is 29.2 Å². The van der Waals surface area contributed by atoms with Gasteiger partial charge >= 0.3 is 0 Å². The molecule has 1 aliphatic rings. The zero-order valence-corrected chi connectivity index (χ0v) is 18.7. The molecule has 30 heavy (non-hydrogen) atoms. The molecular weight excluding hydrogens is 404 g/mol. The van der Waals surface area contributed by atoms with Crippen LogP contribution >= 0.6 is 0 Å². The zero-order valence-electron chi connectivity index (χ0n) is 17.8. The number of piperidine rings is 1. The second kappa shape index (κ2) is 10.1. The van der Waals surface area contributed by atoms with Crippen molar-refractivity contribution in [1.82, 2.24) is 14.7 Å². The van der Waals surface area contributed by atoms with Crippen LogP contribution in [-0.2, 0) is 16.6 Å². The highest BCUT2D eigenvalue weighted by Gasteiger charge is 2.22.